The van der Waals surface area contributed by atoms with Crippen LogP contribution in [-0.4, -0.2) is 18.0 Å². The summed E-state index contributed by atoms with van der Waals surface area (Å²) in [4.78, 5) is 2.24. The predicted octanol–water partition coefficient (Wildman–Crippen LogP) is 4.50. The van der Waals surface area contributed by atoms with E-state index in [1.807, 2.05) is 12.2 Å². The van der Waals surface area contributed by atoms with Crippen LogP contribution >= 0.6 is 15.9 Å². The molecule has 0 aliphatic heterocycles. The standard InChI is InChI=1S/C17H25BrN2/c1-6-8-20(9-7-2)12-13-10-15(18)14(11-16(13)19)17(3,4)5/h6-7,10-11H,1-2,8-9,12,19H2,3-5H3. The topological polar surface area (TPSA) is 29.3 Å². The van der Waals surface area contributed by atoms with Crippen LogP contribution in [0.25, 0.3) is 0 Å². The molecule has 0 saturated carbocycles. The molecular weight excluding hydrogens is 312 g/mol. The fourth-order valence-corrected chi connectivity index (χ4v) is 3.14. The van der Waals surface area contributed by atoms with Crippen molar-refractivity contribution in [2.24, 2.45) is 0 Å². The fraction of sp³-hybridized carbons (Fsp3) is 0.412. The summed E-state index contributed by atoms with van der Waals surface area (Å²) in [7, 11) is 0. The molecule has 0 spiro atoms. The van der Waals surface area contributed by atoms with Crippen LogP contribution in [0.1, 0.15) is 31.9 Å². The molecule has 2 N–H and O–H groups in total. The van der Waals surface area contributed by atoms with Gasteiger partial charge in [-0.2, -0.15) is 0 Å². The predicted molar refractivity (Wildman–Crippen MR) is 92.9 cm³/mol. The van der Waals surface area contributed by atoms with E-state index in [2.05, 4.69) is 66.9 Å². The molecular formula is C17H25BrN2. The average molecular weight is 337 g/mol. The lowest BCUT2D eigenvalue weighted by atomic mass is 9.86. The largest absolute Gasteiger partial charge is 0.398 e. The maximum Gasteiger partial charge on any atom is 0.0363 e. The van der Waals surface area contributed by atoms with Crippen LogP contribution in [0, 0.1) is 0 Å². The molecule has 2 nitrogen and oxygen atoms in total. The van der Waals surface area contributed by atoms with Gasteiger partial charge in [0, 0.05) is 29.8 Å². The van der Waals surface area contributed by atoms with Crippen LogP contribution in [0.5, 0.6) is 0 Å². The van der Waals surface area contributed by atoms with E-state index in [0.29, 0.717) is 0 Å². The van der Waals surface area contributed by atoms with Gasteiger partial charge in [-0.1, -0.05) is 48.9 Å². The molecule has 1 aromatic rings. The van der Waals surface area contributed by atoms with Gasteiger partial charge in [-0.3, -0.25) is 4.90 Å². The lowest BCUT2D eigenvalue weighted by molar-refractivity contribution is 0.328. The van der Waals surface area contributed by atoms with E-state index >= 15 is 0 Å². The number of hydrogen-bond acceptors (Lipinski definition) is 2. The Labute approximate surface area is 131 Å². The van der Waals surface area contributed by atoms with Gasteiger partial charge in [0.15, 0.2) is 0 Å². The Bertz CT molecular complexity index is 476. The molecule has 0 fully saturated rings. The maximum atomic E-state index is 6.23. The van der Waals surface area contributed by atoms with Gasteiger partial charge in [0.1, 0.15) is 0 Å². The van der Waals surface area contributed by atoms with Gasteiger partial charge in [-0.25, -0.2) is 0 Å². The molecule has 0 heterocycles. The Morgan fingerprint density at radius 2 is 1.75 bits per heavy atom. The lowest BCUT2D eigenvalue weighted by Gasteiger charge is -2.24. The summed E-state index contributed by atoms with van der Waals surface area (Å²) < 4.78 is 1.12. The van der Waals surface area contributed by atoms with E-state index in [4.69, 9.17) is 5.73 Å². The van der Waals surface area contributed by atoms with Gasteiger partial charge in [-0.05, 0) is 28.7 Å². The second-order valence-electron chi connectivity index (χ2n) is 6.05. The van der Waals surface area contributed by atoms with Crippen LogP contribution in [-0.2, 0) is 12.0 Å². The van der Waals surface area contributed by atoms with Crippen molar-refractivity contribution in [2.75, 3.05) is 18.8 Å². The zero-order valence-electron chi connectivity index (χ0n) is 12.7. The molecule has 0 amide bonds. The molecule has 1 aromatic carbocycles. The normalized spacial score (nSPS) is 11.7. The molecule has 0 aliphatic carbocycles. The third-order valence-corrected chi connectivity index (χ3v) is 3.86. The van der Waals surface area contributed by atoms with Crippen molar-refractivity contribution in [1.29, 1.82) is 0 Å². The molecule has 0 bridgehead atoms. The van der Waals surface area contributed by atoms with Crippen molar-refractivity contribution in [1.82, 2.24) is 4.90 Å². The van der Waals surface area contributed by atoms with Crippen molar-refractivity contribution in [3.8, 4) is 0 Å². The molecule has 0 aromatic heterocycles. The monoisotopic (exact) mass is 336 g/mol. The Morgan fingerprint density at radius 1 is 1.20 bits per heavy atom. The SMILES string of the molecule is C=CCN(CC=C)Cc1cc(Br)c(C(C)(C)C)cc1N. The lowest BCUT2D eigenvalue weighted by Crippen LogP contribution is -2.24. The van der Waals surface area contributed by atoms with Crippen LogP contribution in [0.15, 0.2) is 41.9 Å². The van der Waals surface area contributed by atoms with Gasteiger partial charge in [0.25, 0.3) is 0 Å². The highest BCUT2D eigenvalue weighted by Crippen LogP contribution is 2.33. The van der Waals surface area contributed by atoms with E-state index < -0.39 is 0 Å². The Morgan fingerprint density at radius 3 is 2.20 bits per heavy atom. The maximum absolute atomic E-state index is 6.23. The Balaban J connectivity index is 3.05. The zero-order chi connectivity index (χ0) is 15.3. The first-order chi connectivity index (χ1) is 9.29. The molecule has 3 heteroatoms. The molecule has 110 valence electrons. The van der Waals surface area contributed by atoms with E-state index in [1.54, 1.807) is 0 Å². The van der Waals surface area contributed by atoms with Crippen LogP contribution in [0.2, 0.25) is 0 Å². The summed E-state index contributed by atoms with van der Waals surface area (Å²) in [6.07, 6.45) is 3.80. The van der Waals surface area contributed by atoms with Gasteiger partial charge in [0.05, 0.1) is 0 Å². The number of halogens is 1. The number of hydrogen-bond donors (Lipinski definition) is 1. The third kappa shape index (κ3) is 4.50. The fourth-order valence-electron chi connectivity index (χ4n) is 2.15. The second-order valence-corrected chi connectivity index (χ2v) is 6.91. The summed E-state index contributed by atoms with van der Waals surface area (Å²) in [6, 6.07) is 4.22. The Hall–Kier alpha value is -1.06. The van der Waals surface area contributed by atoms with Crippen molar-refractivity contribution < 1.29 is 0 Å². The van der Waals surface area contributed by atoms with E-state index in [9.17, 15) is 0 Å². The first-order valence-electron chi connectivity index (χ1n) is 6.82. The average Bonchev–Trinajstić information content (AvgIpc) is 2.32. The number of rotatable bonds is 6. The number of benzene rings is 1. The smallest absolute Gasteiger partial charge is 0.0363 e. The van der Waals surface area contributed by atoms with Gasteiger partial charge >= 0.3 is 0 Å². The van der Waals surface area contributed by atoms with Gasteiger partial charge < -0.3 is 5.73 Å². The van der Waals surface area contributed by atoms with E-state index in [1.165, 1.54) is 5.56 Å². The highest BCUT2D eigenvalue weighted by atomic mass is 79.9. The molecule has 20 heavy (non-hydrogen) atoms. The summed E-state index contributed by atoms with van der Waals surface area (Å²) >= 11 is 3.67. The van der Waals surface area contributed by atoms with Gasteiger partial charge in [0.2, 0.25) is 0 Å². The molecule has 0 radical (unpaired) electrons. The summed E-state index contributed by atoms with van der Waals surface area (Å²) in [5, 5.41) is 0. The molecule has 0 aliphatic rings. The van der Waals surface area contributed by atoms with Crippen molar-refractivity contribution in [2.45, 2.75) is 32.7 Å². The minimum atomic E-state index is 0.0768. The number of anilines is 1. The van der Waals surface area contributed by atoms with Gasteiger partial charge in [-0.15, -0.1) is 13.2 Å². The molecule has 0 unspecified atom stereocenters. The van der Waals surface area contributed by atoms with Crippen LogP contribution < -0.4 is 5.73 Å². The van der Waals surface area contributed by atoms with E-state index in [-0.39, 0.29) is 5.41 Å². The Kier molecular flexibility index (Phi) is 6.03. The molecule has 1 rings (SSSR count). The minimum absolute atomic E-state index is 0.0768. The summed E-state index contributed by atoms with van der Waals surface area (Å²) in [5.41, 5.74) is 9.52. The quantitative estimate of drug-likeness (QED) is 0.612. The van der Waals surface area contributed by atoms with E-state index in [0.717, 1.165) is 35.4 Å². The number of nitrogens with zero attached hydrogens (tertiary/aromatic N) is 1. The highest BCUT2D eigenvalue weighted by molar-refractivity contribution is 9.10. The molecule has 0 atom stereocenters. The first kappa shape index (κ1) is 17.0. The second kappa shape index (κ2) is 7.09. The van der Waals surface area contributed by atoms with Crippen LogP contribution in [0.3, 0.4) is 0 Å². The highest BCUT2D eigenvalue weighted by Gasteiger charge is 2.19. The number of nitrogens with two attached hydrogens (primary N) is 1. The zero-order valence-corrected chi connectivity index (χ0v) is 14.3. The minimum Gasteiger partial charge on any atom is -0.398 e. The van der Waals surface area contributed by atoms with Crippen molar-refractivity contribution >= 4 is 21.6 Å². The van der Waals surface area contributed by atoms with Crippen molar-refractivity contribution in [3.63, 3.8) is 0 Å². The third-order valence-electron chi connectivity index (χ3n) is 3.21. The van der Waals surface area contributed by atoms with Crippen LogP contribution in [0.4, 0.5) is 5.69 Å². The first-order valence-corrected chi connectivity index (χ1v) is 7.61. The van der Waals surface area contributed by atoms with Crippen molar-refractivity contribution in [3.05, 3.63) is 53.0 Å². The summed E-state index contributed by atoms with van der Waals surface area (Å²) in [6.45, 7) is 16.6. The number of nitrogen functional groups attached to an aromatic ring is 1. The summed E-state index contributed by atoms with van der Waals surface area (Å²) in [5.74, 6) is 0. The molecule has 0 saturated heterocycles.